The smallest absolute Gasteiger partial charge is 0.0172 e. The zero-order valence-corrected chi connectivity index (χ0v) is 28.3. The lowest BCUT2D eigenvalue weighted by Gasteiger charge is -2.31. The van der Waals surface area contributed by atoms with Gasteiger partial charge in [-0.15, -0.1) is 0 Å². The Morgan fingerprint density at radius 3 is 0.867 bits per heavy atom. The largest absolute Gasteiger partial charge is 0.0622 e. The van der Waals surface area contributed by atoms with Crippen molar-refractivity contribution in [3.05, 3.63) is 182 Å². The summed E-state index contributed by atoms with van der Waals surface area (Å²) in [5.74, 6) is 0.693. The van der Waals surface area contributed by atoms with Gasteiger partial charge in [0.2, 0.25) is 0 Å². The number of hydrogen-bond donors (Lipinski definition) is 0. The molecule has 0 bridgehead atoms. The van der Waals surface area contributed by atoms with E-state index < -0.39 is 23.8 Å². The van der Waals surface area contributed by atoms with Crippen molar-refractivity contribution in [2.45, 2.75) is 6.42 Å². The highest BCUT2D eigenvalue weighted by molar-refractivity contribution is 7.74. The maximum atomic E-state index is 2.38. The fourth-order valence-electron chi connectivity index (χ4n) is 6.65. The number of rotatable bonds is 12. The highest BCUT2D eigenvalue weighted by Crippen LogP contribution is 2.65. The van der Waals surface area contributed by atoms with E-state index in [1.165, 1.54) is 56.7 Å². The summed E-state index contributed by atoms with van der Waals surface area (Å²) in [6.45, 7) is 0. The van der Waals surface area contributed by atoms with Crippen LogP contribution in [0.15, 0.2) is 182 Å². The molecule has 6 aromatic rings. The van der Waals surface area contributed by atoms with Crippen molar-refractivity contribution in [3.63, 3.8) is 0 Å². The minimum absolute atomic E-state index is 0.291. The van der Waals surface area contributed by atoms with Crippen molar-refractivity contribution < 1.29 is 0 Å². The average molecular weight is 637 g/mol. The molecule has 0 aliphatic heterocycles. The van der Waals surface area contributed by atoms with Crippen LogP contribution in [0.1, 0.15) is 6.42 Å². The molecule has 1 unspecified atom stereocenters. The lowest BCUT2D eigenvalue weighted by molar-refractivity contribution is 0.608. The van der Waals surface area contributed by atoms with Crippen LogP contribution in [-0.4, -0.2) is 18.5 Å². The predicted octanol–water partition coefficient (Wildman–Crippen LogP) is 8.39. The molecule has 45 heavy (non-hydrogen) atoms. The fourth-order valence-corrected chi connectivity index (χ4v) is 15.3. The molecule has 6 aromatic carbocycles. The second kappa shape index (κ2) is 14.4. The van der Waals surface area contributed by atoms with Crippen LogP contribution in [0.3, 0.4) is 0 Å². The number of benzene rings is 6. The molecule has 0 nitrogen and oxygen atoms in total. The van der Waals surface area contributed by atoms with E-state index >= 15 is 0 Å². The molecule has 0 heterocycles. The third-order valence-electron chi connectivity index (χ3n) is 9.12. The quantitative estimate of drug-likeness (QED) is 0.118. The summed E-state index contributed by atoms with van der Waals surface area (Å²) in [5, 5.41) is 9.01. The van der Waals surface area contributed by atoms with E-state index in [2.05, 4.69) is 182 Å². The van der Waals surface area contributed by atoms with Crippen molar-refractivity contribution in [1.29, 1.82) is 0 Å². The summed E-state index contributed by atoms with van der Waals surface area (Å²) in [6.07, 6.45) is 5.05. The fraction of sp³-hybridized carbons (Fsp3) is 0.143. The van der Waals surface area contributed by atoms with Gasteiger partial charge in [-0.1, -0.05) is 182 Å². The van der Waals surface area contributed by atoms with Gasteiger partial charge in [-0.25, -0.2) is 0 Å². The van der Waals surface area contributed by atoms with Crippen LogP contribution in [-0.2, 0) is 0 Å². The Morgan fingerprint density at radius 1 is 0.356 bits per heavy atom. The Labute approximate surface area is 272 Å². The summed E-state index contributed by atoms with van der Waals surface area (Å²) in [5.41, 5.74) is 0.291. The molecule has 1 fully saturated rings. The first-order valence-electron chi connectivity index (χ1n) is 15.9. The van der Waals surface area contributed by atoms with Gasteiger partial charge in [0.05, 0.1) is 0 Å². The molecule has 7 rings (SSSR count). The molecular weight excluding hydrogens is 597 g/mol. The lowest BCUT2D eigenvalue weighted by Crippen LogP contribution is -2.27. The molecule has 0 spiro atoms. The first-order valence-corrected chi connectivity index (χ1v) is 20.5. The maximum Gasteiger partial charge on any atom is -0.0172 e. The molecule has 0 saturated heterocycles. The van der Waals surface area contributed by atoms with Crippen LogP contribution in [0, 0.1) is 11.3 Å². The van der Waals surface area contributed by atoms with Crippen LogP contribution < -0.4 is 31.8 Å². The minimum Gasteiger partial charge on any atom is -0.0622 e. The zero-order chi connectivity index (χ0) is 30.3. The Balaban J connectivity index is 1.30. The van der Waals surface area contributed by atoms with E-state index in [0.717, 1.165) is 0 Å². The van der Waals surface area contributed by atoms with E-state index in [-0.39, 0.29) is 0 Å². The third-order valence-corrected chi connectivity index (χ3v) is 17.3. The maximum absolute atomic E-state index is 2.38. The lowest BCUT2D eigenvalue weighted by atomic mass is 10.1. The SMILES string of the molecule is c1ccc(P(CC2CC2(CP(c2ccccc2)c2ccccc2)CP(c2ccccc2)c2ccccc2)c2ccccc2)cc1. The molecule has 0 aromatic heterocycles. The highest BCUT2D eigenvalue weighted by Gasteiger charge is 2.56. The van der Waals surface area contributed by atoms with Crippen LogP contribution in [0.4, 0.5) is 0 Å². The van der Waals surface area contributed by atoms with Crippen molar-refractivity contribution >= 4 is 55.6 Å². The first-order chi connectivity index (χ1) is 22.3. The Bertz CT molecular complexity index is 1540. The van der Waals surface area contributed by atoms with Gasteiger partial charge in [-0.3, -0.25) is 0 Å². The first kappa shape index (κ1) is 30.3. The van der Waals surface area contributed by atoms with Gasteiger partial charge in [0, 0.05) is 0 Å². The van der Waals surface area contributed by atoms with Crippen LogP contribution >= 0.6 is 23.8 Å². The topological polar surface area (TPSA) is 0 Å². The van der Waals surface area contributed by atoms with Crippen LogP contribution in [0.5, 0.6) is 0 Å². The molecule has 1 saturated carbocycles. The van der Waals surface area contributed by atoms with Crippen molar-refractivity contribution in [1.82, 2.24) is 0 Å². The van der Waals surface area contributed by atoms with Gasteiger partial charge in [-0.05, 0) is 91.8 Å². The van der Waals surface area contributed by atoms with Gasteiger partial charge < -0.3 is 0 Å². The number of hydrogen-bond acceptors (Lipinski definition) is 0. The van der Waals surface area contributed by atoms with E-state index in [9.17, 15) is 0 Å². The molecule has 0 N–H and O–H groups in total. The van der Waals surface area contributed by atoms with Gasteiger partial charge in [-0.2, -0.15) is 0 Å². The second-order valence-electron chi connectivity index (χ2n) is 12.1. The summed E-state index contributed by atoms with van der Waals surface area (Å²) < 4.78 is 0. The highest BCUT2D eigenvalue weighted by atomic mass is 31.1. The van der Waals surface area contributed by atoms with Crippen molar-refractivity contribution in [3.8, 4) is 0 Å². The summed E-state index contributed by atoms with van der Waals surface area (Å²) in [6, 6.07) is 68.2. The monoisotopic (exact) mass is 636 g/mol. The molecule has 0 radical (unpaired) electrons. The van der Waals surface area contributed by atoms with Crippen molar-refractivity contribution in [2.75, 3.05) is 18.5 Å². The summed E-state index contributed by atoms with van der Waals surface area (Å²) in [7, 11) is -1.41. The summed E-state index contributed by atoms with van der Waals surface area (Å²) in [4.78, 5) is 0. The molecular formula is C42H39P3. The van der Waals surface area contributed by atoms with Gasteiger partial charge in [0.15, 0.2) is 0 Å². The van der Waals surface area contributed by atoms with E-state index in [1.54, 1.807) is 0 Å². The molecule has 1 aliphatic rings. The van der Waals surface area contributed by atoms with Gasteiger partial charge in [0.1, 0.15) is 0 Å². The molecule has 1 atom stereocenters. The molecule has 3 heteroatoms. The zero-order valence-electron chi connectivity index (χ0n) is 25.6. The molecule has 1 aliphatic carbocycles. The standard InChI is InChI=1S/C42H39P3/c1-7-19-36(20-8-1)43(37-21-9-2-10-22-37)32-35-31-42(35,33-44(38-23-11-3-12-24-38)39-25-13-4-14-26-39)34-45(40-27-15-5-16-28-40)41-29-17-6-18-30-41/h1-30,35H,31-34H2. The minimum atomic E-state index is -0.487. The van der Waals surface area contributed by atoms with Gasteiger partial charge in [0.25, 0.3) is 0 Å². The Kier molecular flexibility index (Phi) is 9.66. The van der Waals surface area contributed by atoms with E-state index in [0.29, 0.717) is 11.3 Å². The summed E-state index contributed by atoms with van der Waals surface area (Å²) >= 11 is 0. The molecule has 222 valence electrons. The third kappa shape index (κ3) is 7.21. The van der Waals surface area contributed by atoms with Crippen LogP contribution in [0.25, 0.3) is 0 Å². The van der Waals surface area contributed by atoms with E-state index in [1.807, 2.05) is 0 Å². The second-order valence-corrected chi connectivity index (χ2v) is 18.7. The Morgan fingerprint density at radius 2 is 0.600 bits per heavy atom. The average Bonchev–Trinajstić information content (AvgIpc) is 3.82. The molecule has 0 amide bonds. The van der Waals surface area contributed by atoms with Crippen molar-refractivity contribution in [2.24, 2.45) is 11.3 Å². The van der Waals surface area contributed by atoms with E-state index in [4.69, 9.17) is 0 Å². The van der Waals surface area contributed by atoms with Crippen LogP contribution in [0.2, 0.25) is 0 Å². The normalized spacial score (nSPS) is 15.4. The van der Waals surface area contributed by atoms with Gasteiger partial charge >= 0.3 is 0 Å². The predicted molar refractivity (Wildman–Crippen MR) is 202 cm³/mol. The Hall–Kier alpha value is -3.39.